The Bertz CT molecular complexity index is 439. The number of aliphatic hydroxyl groups excluding tert-OH is 1. The Morgan fingerprint density at radius 2 is 2.47 bits per heavy atom. The SMILES string of the molecule is COC(=O)c1cnc(N2CCC(O)C2)c(Br)c1. The van der Waals surface area contributed by atoms with Crippen molar-refractivity contribution in [2.75, 3.05) is 25.1 Å². The van der Waals surface area contributed by atoms with Crippen LogP contribution in [0.5, 0.6) is 0 Å². The molecule has 2 rings (SSSR count). The van der Waals surface area contributed by atoms with E-state index in [0.29, 0.717) is 12.1 Å². The Morgan fingerprint density at radius 3 is 3.00 bits per heavy atom. The number of pyridine rings is 1. The summed E-state index contributed by atoms with van der Waals surface area (Å²) in [5, 5.41) is 9.47. The lowest BCUT2D eigenvalue weighted by atomic mass is 10.3. The predicted molar refractivity (Wildman–Crippen MR) is 66.1 cm³/mol. The minimum atomic E-state index is -0.411. The van der Waals surface area contributed by atoms with Gasteiger partial charge in [0.1, 0.15) is 5.82 Å². The molecule has 5 nitrogen and oxygen atoms in total. The van der Waals surface area contributed by atoms with Crippen LogP contribution >= 0.6 is 15.9 Å². The Labute approximate surface area is 108 Å². The van der Waals surface area contributed by atoms with Crippen LogP contribution < -0.4 is 4.90 Å². The summed E-state index contributed by atoms with van der Waals surface area (Å²) < 4.78 is 5.35. The summed E-state index contributed by atoms with van der Waals surface area (Å²) in [6, 6.07) is 1.68. The number of carbonyl (C=O) groups is 1. The normalized spacial score (nSPS) is 19.5. The summed E-state index contributed by atoms with van der Waals surface area (Å²) in [7, 11) is 1.33. The number of ether oxygens (including phenoxy) is 1. The van der Waals surface area contributed by atoms with Crippen molar-refractivity contribution < 1.29 is 14.6 Å². The molecular weight excluding hydrogens is 288 g/mol. The molecule has 0 aromatic carbocycles. The number of aliphatic hydroxyl groups is 1. The first-order valence-electron chi connectivity index (χ1n) is 5.28. The highest BCUT2D eigenvalue weighted by Gasteiger charge is 2.23. The van der Waals surface area contributed by atoms with Gasteiger partial charge in [0.05, 0.1) is 23.2 Å². The monoisotopic (exact) mass is 300 g/mol. The van der Waals surface area contributed by atoms with Crippen LogP contribution in [0, 0.1) is 0 Å². The molecule has 1 atom stereocenters. The molecule has 2 heterocycles. The molecule has 1 aliphatic heterocycles. The Morgan fingerprint density at radius 1 is 1.71 bits per heavy atom. The number of methoxy groups -OCH3 is 1. The van der Waals surface area contributed by atoms with Crippen molar-refractivity contribution in [2.45, 2.75) is 12.5 Å². The van der Waals surface area contributed by atoms with Gasteiger partial charge in [0.2, 0.25) is 0 Å². The van der Waals surface area contributed by atoms with Gasteiger partial charge in [-0.15, -0.1) is 0 Å². The van der Waals surface area contributed by atoms with E-state index >= 15 is 0 Å². The second kappa shape index (κ2) is 5.01. The van der Waals surface area contributed by atoms with Crippen molar-refractivity contribution in [2.24, 2.45) is 0 Å². The molecule has 1 aromatic heterocycles. The summed E-state index contributed by atoms with van der Waals surface area (Å²) in [5.41, 5.74) is 0.405. The summed E-state index contributed by atoms with van der Waals surface area (Å²) >= 11 is 3.38. The van der Waals surface area contributed by atoms with Crippen LogP contribution in [-0.2, 0) is 4.74 Å². The second-order valence-electron chi connectivity index (χ2n) is 3.91. The predicted octanol–water partition coefficient (Wildman–Crippen LogP) is 1.20. The molecule has 6 heteroatoms. The van der Waals surface area contributed by atoms with Crippen molar-refractivity contribution in [1.82, 2.24) is 4.98 Å². The molecular formula is C11H13BrN2O3. The third kappa shape index (κ3) is 2.58. The molecule has 0 amide bonds. The quantitative estimate of drug-likeness (QED) is 0.832. The third-order valence-corrected chi connectivity index (χ3v) is 3.29. The molecule has 1 aliphatic rings. The number of hydrogen-bond donors (Lipinski definition) is 1. The zero-order valence-electron chi connectivity index (χ0n) is 9.39. The van der Waals surface area contributed by atoms with Crippen molar-refractivity contribution in [1.29, 1.82) is 0 Å². The van der Waals surface area contributed by atoms with Crippen molar-refractivity contribution in [3.05, 3.63) is 22.3 Å². The fourth-order valence-corrected chi connectivity index (χ4v) is 2.43. The second-order valence-corrected chi connectivity index (χ2v) is 4.76. The number of carbonyl (C=O) groups excluding carboxylic acids is 1. The number of aromatic nitrogens is 1. The maximum atomic E-state index is 11.3. The molecule has 1 saturated heterocycles. The number of nitrogens with zero attached hydrogens (tertiary/aromatic N) is 2. The fourth-order valence-electron chi connectivity index (χ4n) is 1.83. The molecule has 0 radical (unpaired) electrons. The molecule has 0 spiro atoms. The standard InChI is InChI=1S/C11H13BrN2O3/c1-17-11(16)7-4-9(12)10(13-5-7)14-3-2-8(15)6-14/h4-5,8,15H,2-3,6H2,1H3. The highest BCUT2D eigenvalue weighted by Crippen LogP contribution is 2.27. The highest BCUT2D eigenvalue weighted by atomic mass is 79.9. The molecule has 1 N–H and O–H groups in total. The average Bonchev–Trinajstić information content (AvgIpc) is 2.74. The van der Waals surface area contributed by atoms with E-state index in [4.69, 9.17) is 0 Å². The third-order valence-electron chi connectivity index (χ3n) is 2.71. The van der Waals surface area contributed by atoms with Gasteiger partial charge in [0.15, 0.2) is 0 Å². The fraction of sp³-hybridized carbons (Fsp3) is 0.455. The van der Waals surface area contributed by atoms with E-state index in [9.17, 15) is 9.90 Å². The minimum absolute atomic E-state index is 0.302. The van der Waals surface area contributed by atoms with E-state index in [1.807, 2.05) is 4.90 Å². The minimum Gasteiger partial charge on any atom is -0.465 e. The van der Waals surface area contributed by atoms with Gasteiger partial charge in [-0.3, -0.25) is 0 Å². The van der Waals surface area contributed by atoms with Crippen LogP contribution in [0.2, 0.25) is 0 Å². The van der Waals surface area contributed by atoms with E-state index in [1.54, 1.807) is 6.07 Å². The van der Waals surface area contributed by atoms with Crippen LogP contribution in [0.15, 0.2) is 16.7 Å². The van der Waals surface area contributed by atoms with E-state index in [2.05, 4.69) is 25.7 Å². The van der Waals surface area contributed by atoms with E-state index < -0.39 is 5.97 Å². The number of β-amino-alcohol motifs (C(OH)–C–C–N with tert-alkyl or cyclic N) is 1. The van der Waals surface area contributed by atoms with Gasteiger partial charge >= 0.3 is 5.97 Å². The van der Waals surface area contributed by atoms with Gasteiger partial charge in [-0.05, 0) is 28.4 Å². The van der Waals surface area contributed by atoms with Crippen LogP contribution in [0.3, 0.4) is 0 Å². The summed E-state index contributed by atoms with van der Waals surface area (Å²) in [6.45, 7) is 1.34. The lowest BCUT2D eigenvalue weighted by Gasteiger charge is -2.18. The van der Waals surface area contributed by atoms with Crippen LogP contribution in [0.25, 0.3) is 0 Å². The molecule has 17 heavy (non-hydrogen) atoms. The zero-order chi connectivity index (χ0) is 12.4. The van der Waals surface area contributed by atoms with Crippen LogP contribution in [0.1, 0.15) is 16.8 Å². The van der Waals surface area contributed by atoms with Gasteiger partial charge in [-0.1, -0.05) is 0 Å². The van der Waals surface area contributed by atoms with Crippen LogP contribution in [-0.4, -0.2) is 42.4 Å². The lowest BCUT2D eigenvalue weighted by molar-refractivity contribution is 0.0600. The first-order chi connectivity index (χ1) is 8.11. The molecule has 0 aliphatic carbocycles. The van der Waals surface area contributed by atoms with Crippen molar-refractivity contribution >= 4 is 27.7 Å². The summed E-state index contributed by atoms with van der Waals surface area (Å²) in [4.78, 5) is 17.5. The maximum Gasteiger partial charge on any atom is 0.339 e. The molecule has 92 valence electrons. The van der Waals surface area contributed by atoms with E-state index in [1.165, 1.54) is 13.3 Å². The van der Waals surface area contributed by atoms with E-state index in [-0.39, 0.29) is 6.10 Å². The number of anilines is 1. The molecule has 1 unspecified atom stereocenters. The smallest absolute Gasteiger partial charge is 0.339 e. The van der Waals surface area contributed by atoms with Crippen molar-refractivity contribution in [3.8, 4) is 0 Å². The van der Waals surface area contributed by atoms with Gasteiger partial charge in [-0.2, -0.15) is 0 Å². The first-order valence-corrected chi connectivity index (χ1v) is 6.08. The lowest BCUT2D eigenvalue weighted by Crippen LogP contribution is -2.22. The number of esters is 1. The van der Waals surface area contributed by atoms with Gasteiger partial charge in [-0.25, -0.2) is 9.78 Å². The zero-order valence-corrected chi connectivity index (χ0v) is 11.0. The van der Waals surface area contributed by atoms with E-state index in [0.717, 1.165) is 23.3 Å². The Kier molecular flexibility index (Phi) is 3.63. The van der Waals surface area contributed by atoms with Crippen LogP contribution in [0.4, 0.5) is 5.82 Å². The number of halogens is 1. The molecule has 1 fully saturated rings. The van der Waals surface area contributed by atoms with Crippen molar-refractivity contribution in [3.63, 3.8) is 0 Å². The first kappa shape index (κ1) is 12.3. The molecule has 0 saturated carbocycles. The van der Waals surface area contributed by atoms with Gasteiger partial charge < -0.3 is 14.7 Å². The Hall–Kier alpha value is -1.14. The Balaban J connectivity index is 2.23. The highest BCUT2D eigenvalue weighted by molar-refractivity contribution is 9.10. The van der Waals surface area contributed by atoms with Gasteiger partial charge in [0.25, 0.3) is 0 Å². The number of hydrogen-bond acceptors (Lipinski definition) is 5. The maximum absolute atomic E-state index is 11.3. The molecule has 1 aromatic rings. The van der Waals surface area contributed by atoms with Gasteiger partial charge in [0, 0.05) is 19.3 Å². The summed E-state index contributed by atoms with van der Waals surface area (Å²) in [5.74, 6) is 0.334. The molecule has 0 bridgehead atoms. The summed E-state index contributed by atoms with van der Waals surface area (Å²) in [6.07, 6.45) is 1.92. The largest absolute Gasteiger partial charge is 0.465 e. The number of rotatable bonds is 2. The topological polar surface area (TPSA) is 62.7 Å². The average molecular weight is 301 g/mol.